The maximum atomic E-state index is 11.4. The van der Waals surface area contributed by atoms with E-state index in [1.807, 2.05) is 0 Å². The molecule has 0 saturated carbocycles. The van der Waals surface area contributed by atoms with Crippen molar-refractivity contribution in [2.45, 2.75) is 19.4 Å². The summed E-state index contributed by atoms with van der Waals surface area (Å²) >= 11 is 0. The number of nitrogens with two attached hydrogens (primary N) is 1. The van der Waals surface area contributed by atoms with Crippen molar-refractivity contribution in [1.82, 2.24) is 10.6 Å². The van der Waals surface area contributed by atoms with Gasteiger partial charge in [0.25, 0.3) is 5.91 Å². The molecule has 94 valence electrons. The molecule has 0 fully saturated rings. The number of nitrogens with one attached hydrogen (secondary N) is 2. The third-order valence-corrected chi connectivity index (χ3v) is 1.99. The van der Waals surface area contributed by atoms with Crippen LogP contribution in [0.5, 0.6) is 0 Å². The average Bonchev–Trinajstić information content (AvgIpc) is 2.76. The molecule has 1 aromatic rings. The fourth-order valence-corrected chi connectivity index (χ4v) is 1.24. The van der Waals surface area contributed by atoms with Crippen LogP contribution in [0.15, 0.2) is 22.8 Å². The van der Waals surface area contributed by atoms with Crippen molar-refractivity contribution in [2.75, 3.05) is 13.1 Å². The molecule has 0 aromatic carbocycles. The molecule has 17 heavy (non-hydrogen) atoms. The Bertz CT molecular complexity index is 360. The maximum absolute atomic E-state index is 11.4. The minimum atomic E-state index is -0.295. The van der Waals surface area contributed by atoms with Gasteiger partial charge in [-0.05, 0) is 19.1 Å². The highest BCUT2D eigenvalue weighted by Crippen LogP contribution is 1.98. The van der Waals surface area contributed by atoms with Crippen LogP contribution in [0, 0.1) is 0 Å². The largest absolute Gasteiger partial charge is 0.459 e. The van der Waals surface area contributed by atoms with Crippen LogP contribution in [-0.2, 0) is 4.79 Å². The number of hydrogen-bond donors (Lipinski definition) is 3. The Morgan fingerprint density at radius 2 is 2.12 bits per heavy atom. The first-order valence-corrected chi connectivity index (χ1v) is 5.43. The highest BCUT2D eigenvalue weighted by Gasteiger charge is 2.07. The van der Waals surface area contributed by atoms with Gasteiger partial charge in [0, 0.05) is 25.6 Å². The Kier molecular flexibility index (Phi) is 5.22. The van der Waals surface area contributed by atoms with Gasteiger partial charge in [0.15, 0.2) is 5.76 Å². The van der Waals surface area contributed by atoms with Gasteiger partial charge in [0.1, 0.15) is 0 Å². The van der Waals surface area contributed by atoms with Gasteiger partial charge in [-0.2, -0.15) is 0 Å². The van der Waals surface area contributed by atoms with E-state index in [-0.39, 0.29) is 30.0 Å². The summed E-state index contributed by atoms with van der Waals surface area (Å²) in [4.78, 5) is 22.6. The van der Waals surface area contributed by atoms with Crippen molar-refractivity contribution in [3.8, 4) is 0 Å². The van der Waals surface area contributed by atoms with E-state index in [1.54, 1.807) is 19.1 Å². The summed E-state index contributed by atoms with van der Waals surface area (Å²) in [6.45, 7) is 2.49. The predicted molar refractivity (Wildman–Crippen MR) is 62.3 cm³/mol. The first-order valence-electron chi connectivity index (χ1n) is 5.43. The van der Waals surface area contributed by atoms with Crippen LogP contribution in [0.2, 0.25) is 0 Å². The summed E-state index contributed by atoms with van der Waals surface area (Å²) in [5.41, 5.74) is 5.47. The summed E-state index contributed by atoms with van der Waals surface area (Å²) < 4.78 is 4.91. The fourth-order valence-electron chi connectivity index (χ4n) is 1.24. The Morgan fingerprint density at radius 3 is 2.71 bits per heavy atom. The second kappa shape index (κ2) is 6.70. The molecule has 1 unspecified atom stereocenters. The van der Waals surface area contributed by atoms with E-state index in [9.17, 15) is 9.59 Å². The molecular formula is C11H17N3O3. The Balaban J connectivity index is 2.12. The molecule has 4 N–H and O–H groups in total. The predicted octanol–water partition coefficient (Wildman–Crippen LogP) is -0.137. The van der Waals surface area contributed by atoms with Crippen molar-refractivity contribution >= 4 is 11.8 Å². The molecule has 2 amide bonds. The van der Waals surface area contributed by atoms with Crippen LogP contribution >= 0.6 is 0 Å². The molecule has 0 spiro atoms. The lowest BCUT2D eigenvalue weighted by atomic mass is 10.2. The quantitative estimate of drug-likeness (QED) is 0.602. The lowest BCUT2D eigenvalue weighted by Gasteiger charge is -2.07. The number of carbonyl (C=O) groups excluding carboxylic acids is 2. The molecule has 0 bridgehead atoms. The lowest BCUT2D eigenvalue weighted by Crippen LogP contribution is -2.36. The molecule has 6 heteroatoms. The molecule has 1 atom stereocenters. The second-order valence-corrected chi connectivity index (χ2v) is 3.76. The van der Waals surface area contributed by atoms with E-state index in [1.165, 1.54) is 6.26 Å². The van der Waals surface area contributed by atoms with E-state index in [2.05, 4.69) is 10.6 Å². The topological polar surface area (TPSA) is 97.4 Å². The van der Waals surface area contributed by atoms with E-state index in [0.717, 1.165) is 0 Å². The first kappa shape index (κ1) is 13.2. The number of hydrogen-bond acceptors (Lipinski definition) is 4. The smallest absolute Gasteiger partial charge is 0.287 e. The fraction of sp³-hybridized carbons (Fsp3) is 0.455. The third-order valence-electron chi connectivity index (χ3n) is 1.99. The number of rotatable bonds is 6. The second-order valence-electron chi connectivity index (χ2n) is 3.76. The summed E-state index contributed by atoms with van der Waals surface area (Å²) in [5.74, 6) is -0.157. The van der Waals surface area contributed by atoms with Crippen molar-refractivity contribution < 1.29 is 14.0 Å². The summed E-state index contributed by atoms with van der Waals surface area (Å²) in [6.07, 6.45) is 1.71. The van der Waals surface area contributed by atoms with Gasteiger partial charge >= 0.3 is 0 Å². The molecule has 0 saturated heterocycles. The Labute approximate surface area is 99.5 Å². The lowest BCUT2D eigenvalue weighted by molar-refractivity contribution is -0.121. The molecule has 0 radical (unpaired) electrons. The normalized spacial score (nSPS) is 11.9. The summed E-state index contributed by atoms with van der Waals surface area (Å²) in [6, 6.07) is 3.05. The standard InChI is InChI=1S/C11H17N3O3/c1-8(12)7-10(15)13-4-5-14-11(16)9-3-2-6-17-9/h2-3,6,8H,4-5,7,12H2,1H3,(H,13,15)(H,14,16). The molecular weight excluding hydrogens is 222 g/mol. The van der Waals surface area contributed by atoms with Crippen molar-refractivity contribution in [3.05, 3.63) is 24.2 Å². The summed E-state index contributed by atoms with van der Waals surface area (Å²) in [5, 5.41) is 5.27. The highest BCUT2D eigenvalue weighted by atomic mass is 16.3. The molecule has 1 aromatic heterocycles. The van der Waals surface area contributed by atoms with E-state index in [0.29, 0.717) is 13.1 Å². The van der Waals surface area contributed by atoms with E-state index in [4.69, 9.17) is 10.2 Å². The molecule has 0 aliphatic carbocycles. The van der Waals surface area contributed by atoms with Crippen LogP contribution in [-0.4, -0.2) is 30.9 Å². The van der Waals surface area contributed by atoms with E-state index < -0.39 is 0 Å². The van der Waals surface area contributed by atoms with Gasteiger partial charge in [0.05, 0.1) is 6.26 Å². The van der Waals surface area contributed by atoms with Crippen molar-refractivity contribution in [1.29, 1.82) is 0 Å². The Hall–Kier alpha value is -1.82. The van der Waals surface area contributed by atoms with Crippen LogP contribution in [0.1, 0.15) is 23.9 Å². The zero-order chi connectivity index (χ0) is 12.7. The van der Waals surface area contributed by atoms with Gasteiger partial charge in [-0.15, -0.1) is 0 Å². The van der Waals surface area contributed by atoms with Crippen molar-refractivity contribution in [2.24, 2.45) is 5.73 Å². The van der Waals surface area contributed by atoms with Gasteiger partial charge < -0.3 is 20.8 Å². The highest BCUT2D eigenvalue weighted by molar-refractivity contribution is 5.91. The van der Waals surface area contributed by atoms with Crippen molar-refractivity contribution in [3.63, 3.8) is 0 Å². The van der Waals surface area contributed by atoms with Crippen LogP contribution < -0.4 is 16.4 Å². The molecule has 6 nitrogen and oxygen atoms in total. The van der Waals surface area contributed by atoms with Gasteiger partial charge in [-0.25, -0.2) is 0 Å². The molecule has 1 rings (SSSR count). The first-order chi connectivity index (χ1) is 8.09. The van der Waals surface area contributed by atoms with Gasteiger partial charge in [-0.3, -0.25) is 9.59 Å². The van der Waals surface area contributed by atoms with Crippen LogP contribution in [0.25, 0.3) is 0 Å². The zero-order valence-electron chi connectivity index (χ0n) is 9.73. The minimum Gasteiger partial charge on any atom is -0.459 e. The maximum Gasteiger partial charge on any atom is 0.287 e. The number of amides is 2. The summed E-state index contributed by atoms with van der Waals surface area (Å²) in [7, 11) is 0. The SMILES string of the molecule is CC(N)CC(=O)NCCNC(=O)c1ccco1. The minimum absolute atomic E-state index is 0.118. The van der Waals surface area contributed by atoms with E-state index >= 15 is 0 Å². The Morgan fingerprint density at radius 1 is 1.41 bits per heavy atom. The molecule has 0 aliphatic heterocycles. The van der Waals surface area contributed by atoms with Gasteiger partial charge in [-0.1, -0.05) is 0 Å². The van der Waals surface area contributed by atoms with Crippen LogP contribution in [0.3, 0.4) is 0 Å². The van der Waals surface area contributed by atoms with Gasteiger partial charge in [0.2, 0.25) is 5.91 Å². The zero-order valence-corrected chi connectivity index (χ0v) is 9.73. The molecule has 1 heterocycles. The molecule has 0 aliphatic rings. The number of furan rings is 1. The average molecular weight is 239 g/mol. The third kappa shape index (κ3) is 5.17. The number of carbonyl (C=O) groups is 2. The monoisotopic (exact) mass is 239 g/mol. The van der Waals surface area contributed by atoms with Crippen LogP contribution in [0.4, 0.5) is 0 Å².